The summed E-state index contributed by atoms with van der Waals surface area (Å²) in [4.78, 5) is 14.9. The van der Waals surface area contributed by atoms with Crippen molar-refractivity contribution in [1.29, 1.82) is 0 Å². The van der Waals surface area contributed by atoms with Crippen molar-refractivity contribution in [3.63, 3.8) is 0 Å². The summed E-state index contributed by atoms with van der Waals surface area (Å²) in [5, 5.41) is 4.00. The highest BCUT2D eigenvalue weighted by molar-refractivity contribution is 9.10. The van der Waals surface area contributed by atoms with Gasteiger partial charge in [0.1, 0.15) is 17.9 Å². The molecule has 0 spiro atoms. The Hall–Kier alpha value is -2.02. The molecule has 3 aromatic rings. The van der Waals surface area contributed by atoms with E-state index in [1.807, 2.05) is 19.9 Å². The van der Waals surface area contributed by atoms with Gasteiger partial charge in [0.2, 0.25) is 0 Å². The van der Waals surface area contributed by atoms with Crippen molar-refractivity contribution in [1.82, 2.24) is 14.7 Å². The maximum absolute atomic E-state index is 12.0. The van der Waals surface area contributed by atoms with Gasteiger partial charge < -0.3 is 14.2 Å². The Balaban J connectivity index is 2.17. The van der Waals surface area contributed by atoms with E-state index >= 15 is 0 Å². The number of halogens is 1. The Kier molecular flexibility index (Phi) is 2.56. The molecule has 0 atom stereocenters. The molecule has 1 aliphatic heterocycles. The Morgan fingerprint density at radius 2 is 2.24 bits per heavy atom. The van der Waals surface area contributed by atoms with Crippen molar-refractivity contribution in [3.05, 3.63) is 32.5 Å². The first-order valence-electron chi connectivity index (χ1n) is 6.59. The summed E-state index contributed by atoms with van der Waals surface area (Å²) in [7, 11) is 0. The first kappa shape index (κ1) is 12.7. The number of benzene rings is 1. The molecule has 0 saturated heterocycles. The molecule has 2 aromatic heterocycles. The minimum Gasteiger partial charge on any atom is -0.489 e. The summed E-state index contributed by atoms with van der Waals surface area (Å²) in [6.45, 7) is 4.78. The van der Waals surface area contributed by atoms with Gasteiger partial charge >= 0.3 is 5.69 Å². The average molecular weight is 350 g/mol. The molecule has 1 aromatic carbocycles. The van der Waals surface area contributed by atoms with Crippen LogP contribution in [0.2, 0.25) is 0 Å². The van der Waals surface area contributed by atoms with Crippen LogP contribution in [0.1, 0.15) is 11.5 Å². The summed E-state index contributed by atoms with van der Waals surface area (Å²) in [6.07, 6.45) is 0. The van der Waals surface area contributed by atoms with Crippen LogP contribution >= 0.6 is 15.9 Å². The Bertz CT molecular complexity index is 916. The Morgan fingerprint density at radius 3 is 2.95 bits per heavy atom. The molecule has 21 heavy (non-hydrogen) atoms. The highest BCUT2D eigenvalue weighted by Gasteiger charge is 2.25. The van der Waals surface area contributed by atoms with Crippen molar-refractivity contribution < 1.29 is 9.26 Å². The second-order valence-corrected chi connectivity index (χ2v) is 5.94. The molecule has 7 heteroatoms. The number of rotatable bonds is 1. The fourth-order valence-corrected chi connectivity index (χ4v) is 3.44. The van der Waals surface area contributed by atoms with Crippen LogP contribution in [0.5, 0.6) is 5.75 Å². The number of aromatic amines is 1. The quantitative estimate of drug-likeness (QED) is 0.733. The first-order chi connectivity index (χ1) is 10.1. The molecule has 0 bridgehead atoms. The molecule has 6 nitrogen and oxygen atoms in total. The van der Waals surface area contributed by atoms with Crippen molar-refractivity contribution in [2.24, 2.45) is 0 Å². The van der Waals surface area contributed by atoms with E-state index in [0.717, 1.165) is 38.1 Å². The number of nitrogens with zero attached hydrogens (tertiary/aromatic N) is 2. The summed E-state index contributed by atoms with van der Waals surface area (Å²) < 4.78 is 13.6. The maximum Gasteiger partial charge on any atom is 0.326 e. The number of ether oxygens (including phenoxy) is 1. The molecule has 0 saturated carbocycles. The average Bonchev–Trinajstić information content (AvgIpc) is 2.97. The fraction of sp³-hybridized carbons (Fsp3) is 0.286. The second-order valence-electron chi connectivity index (χ2n) is 5.09. The number of H-pyrrole nitrogens is 1. The zero-order chi connectivity index (χ0) is 14.7. The van der Waals surface area contributed by atoms with Crippen LogP contribution in [0, 0.1) is 13.8 Å². The third-order valence-corrected chi connectivity index (χ3v) is 4.44. The molecular weight excluding hydrogens is 338 g/mol. The van der Waals surface area contributed by atoms with Gasteiger partial charge in [-0.05, 0) is 35.8 Å². The van der Waals surface area contributed by atoms with Crippen LogP contribution in [0.3, 0.4) is 0 Å². The van der Waals surface area contributed by atoms with Crippen molar-refractivity contribution in [2.75, 3.05) is 6.61 Å². The smallest absolute Gasteiger partial charge is 0.326 e. The molecule has 1 aliphatic rings. The highest BCUT2D eigenvalue weighted by Crippen LogP contribution is 2.43. The van der Waals surface area contributed by atoms with Gasteiger partial charge in [-0.3, -0.25) is 4.57 Å². The summed E-state index contributed by atoms with van der Waals surface area (Å²) >= 11 is 3.53. The van der Waals surface area contributed by atoms with E-state index < -0.39 is 0 Å². The Labute approximate surface area is 127 Å². The molecule has 0 unspecified atom stereocenters. The number of imidazole rings is 1. The van der Waals surface area contributed by atoms with Gasteiger partial charge in [-0.2, -0.15) is 0 Å². The van der Waals surface area contributed by atoms with Crippen LogP contribution < -0.4 is 10.4 Å². The minimum absolute atomic E-state index is 0.119. The number of nitrogens with one attached hydrogen (secondary N) is 1. The van der Waals surface area contributed by atoms with E-state index in [-0.39, 0.29) is 5.69 Å². The SMILES string of the molecule is Cc1noc(C)c1-c1cc(Br)c2[nH]c(=O)n3c2c1OCC3. The van der Waals surface area contributed by atoms with Crippen molar-refractivity contribution in [2.45, 2.75) is 20.4 Å². The van der Waals surface area contributed by atoms with Crippen LogP contribution in [0.25, 0.3) is 22.2 Å². The van der Waals surface area contributed by atoms with Gasteiger partial charge in [0.15, 0.2) is 5.75 Å². The molecular formula is C14H12BrN3O3. The number of hydrogen-bond donors (Lipinski definition) is 1. The van der Waals surface area contributed by atoms with Gasteiger partial charge in [0, 0.05) is 10.0 Å². The van der Waals surface area contributed by atoms with E-state index in [0.29, 0.717) is 18.9 Å². The zero-order valence-corrected chi connectivity index (χ0v) is 13.1. The highest BCUT2D eigenvalue weighted by atomic mass is 79.9. The third kappa shape index (κ3) is 1.64. The van der Waals surface area contributed by atoms with Crippen LogP contribution in [-0.2, 0) is 6.54 Å². The molecule has 4 rings (SSSR count). The number of aromatic nitrogens is 3. The van der Waals surface area contributed by atoms with Gasteiger partial charge in [0.25, 0.3) is 0 Å². The molecule has 0 radical (unpaired) electrons. The van der Waals surface area contributed by atoms with Crippen molar-refractivity contribution in [3.8, 4) is 16.9 Å². The van der Waals surface area contributed by atoms with E-state index in [2.05, 4.69) is 26.1 Å². The summed E-state index contributed by atoms with van der Waals surface area (Å²) in [5.41, 5.74) is 4.02. The molecule has 108 valence electrons. The second kappa shape index (κ2) is 4.24. The lowest BCUT2D eigenvalue weighted by Gasteiger charge is -2.19. The van der Waals surface area contributed by atoms with Crippen molar-refractivity contribution >= 4 is 27.0 Å². The summed E-state index contributed by atoms with van der Waals surface area (Å²) in [6, 6.07) is 1.94. The van der Waals surface area contributed by atoms with E-state index in [4.69, 9.17) is 9.26 Å². The minimum atomic E-state index is -0.119. The molecule has 0 amide bonds. The maximum atomic E-state index is 12.0. The van der Waals surface area contributed by atoms with Gasteiger partial charge in [-0.15, -0.1) is 0 Å². The Morgan fingerprint density at radius 1 is 1.43 bits per heavy atom. The fourth-order valence-electron chi connectivity index (χ4n) is 2.92. The lowest BCUT2D eigenvalue weighted by molar-refractivity contribution is 0.286. The molecule has 3 heterocycles. The van der Waals surface area contributed by atoms with Gasteiger partial charge in [0.05, 0.1) is 23.3 Å². The largest absolute Gasteiger partial charge is 0.489 e. The standard InChI is InChI=1S/C14H12BrN3O3/c1-6-10(7(2)21-17-6)8-5-9(15)11-12-13(8)20-4-3-18(12)14(19)16-11/h5H,3-4H2,1-2H3,(H,16,19). The third-order valence-electron chi connectivity index (χ3n) is 3.82. The van der Waals surface area contributed by atoms with Gasteiger partial charge in [-0.1, -0.05) is 5.16 Å². The molecule has 0 aliphatic carbocycles. The normalized spacial score (nSPS) is 13.7. The molecule has 0 fully saturated rings. The van der Waals surface area contributed by atoms with E-state index in [1.165, 1.54) is 0 Å². The lowest BCUT2D eigenvalue weighted by atomic mass is 10.0. The van der Waals surface area contributed by atoms with E-state index in [1.54, 1.807) is 4.57 Å². The van der Waals surface area contributed by atoms with Crippen LogP contribution in [0.15, 0.2) is 19.9 Å². The molecule has 1 N–H and O–H groups in total. The van der Waals surface area contributed by atoms with Gasteiger partial charge in [-0.25, -0.2) is 4.79 Å². The van der Waals surface area contributed by atoms with Crippen LogP contribution in [-0.4, -0.2) is 21.3 Å². The lowest BCUT2D eigenvalue weighted by Crippen LogP contribution is -2.23. The zero-order valence-electron chi connectivity index (χ0n) is 11.5. The first-order valence-corrected chi connectivity index (χ1v) is 7.38. The monoisotopic (exact) mass is 349 g/mol. The topological polar surface area (TPSA) is 73.0 Å². The summed E-state index contributed by atoms with van der Waals surface area (Å²) in [5.74, 6) is 1.43. The van der Waals surface area contributed by atoms with E-state index in [9.17, 15) is 4.79 Å². The predicted molar refractivity (Wildman–Crippen MR) is 80.7 cm³/mol. The number of aryl methyl sites for hydroxylation is 2. The predicted octanol–water partition coefficient (Wildman–Crippen LogP) is 2.76. The number of hydrogen-bond acceptors (Lipinski definition) is 4. The van der Waals surface area contributed by atoms with Crippen LogP contribution in [0.4, 0.5) is 0 Å².